The normalized spacial score (nSPS) is 23.2. The van der Waals surface area contributed by atoms with Crippen LogP contribution < -0.4 is 97.4 Å². The van der Waals surface area contributed by atoms with E-state index in [0.29, 0.717) is 40.6 Å². The molecule has 0 unspecified atom stereocenters. The van der Waals surface area contributed by atoms with Gasteiger partial charge >= 0.3 is 18.2 Å². The number of halogens is 3. The Labute approximate surface area is 811 Å². The third-order valence-electron chi connectivity index (χ3n) is 22.7. The molecule has 0 radical (unpaired) electrons. The van der Waals surface area contributed by atoms with Gasteiger partial charge in [0, 0.05) is 52.1 Å². The van der Waals surface area contributed by atoms with Crippen LogP contribution in [0.1, 0.15) is 129 Å². The Morgan fingerprint density at radius 2 is 0.921 bits per heavy atom. The minimum atomic E-state index is -5.01. The van der Waals surface area contributed by atoms with E-state index in [-0.39, 0.29) is 68.0 Å². The third-order valence-corrected chi connectivity index (χ3v) is 23.8. The highest BCUT2D eigenvalue weighted by Crippen LogP contribution is 2.31. The topological polar surface area (TPSA) is 664 Å². The lowest BCUT2D eigenvalue weighted by atomic mass is 9.97. The number of carbonyl (C=O) groups excluding carboxylic acids is 18. The number of nitrogens with zero attached hydrogens (tertiary/aromatic N) is 2. The van der Waals surface area contributed by atoms with Gasteiger partial charge in [0.05, 0.1) is 30.3 Å². The number of thioether (sulfide) groups is 1. The number of aliphatic carboxylic acids is 1. The summed E-state index contributed by atoms with van der Waals surface area (Å²) in [5, 5.41) is 66.1. The van der Waals surface area contributed by atoms with Gasteiger partial charge in [-0.2, -0.15) is 13.2 Å². The van der Waals surface area contributed by atoms with Crippen molar-refractivity contribution in [3.05, 3.63) is 161 Å². The molecule has 19 amide bonds. The van der Waals surface area contributed by atoms with Crippen LogP contribution in [0.15, 0.2) is 133 Å². The summed E-state index contributed by atoms with van der Waals surface area (Å²) in [7, 11) is 2.46. The molecule has 16 atom stereocenters. The maximum atomic E-state index is 15.5. The zero-order chi connectivity index (χ0) is 104. The number of rotatable bonds is 27. The summed E-state index contributed by atoms with van der Waals surface area (Å²) in [5.41, 5.74) is 23.5. The second-order valence-electron chi connectivity index (χ2n) is 35.2. The number of likely N-dealkylation sites (N-methyl/N-ethyl adjacent to an activating group) is 2. The molecule has 6 rings (SSSR count). The highest BCUT2D eigenvalue weighted by molar-refractivity contribution is 8.00. The van der Waals surface area contributed by atoms with Gasteiger partial charge in [-0.15, -0.1) is 11.8 Å². The van der Waals surface area contributed by atoms with Gasteiger partial charge in [-0.1, -0.05) is 157 Å². The zero-order valence-electron chi connectivity index (χ0n) is 79.4. The van der Waals surface area contributed by atoms with E-state index in [1.807, 2.05) is 12.1 Å². The van der Waals surface area contributed by atoms with Crippen molar-refractivity contribution in [2.45, 2.75) is 229 Å². The number of aliphatic hydroxyl groups is 1. The number of aliphatic hydroxyl groups excluding tert-OH is 1. The minimum Gasteiger partial charge on any atom is -0.508 e. The van der Waals surface area contributed by atoms with E-state index in [4.69, 9.17) is 22.9 Å². The van der Waals surface area contributed by atoms with Gasteiger partial charge in [-0.25, -0.2) is 4.79 Å². The smallest absolute Gasteiger partial charge is 0.416 e. The van der Waals surface area contributed by atoms with Crippen molar-refractivity contribution >= 4 is 124 Å². The molecule has 25 N–H and O–H groups in total. The van der Waals surface area contributed by atoms with Gasteiger partial charge in [0.15, 0.2) is 0 Å². The van der Waals surface area contributed by atoms with Crippen LogP contribution in [-0.4, -0.2) is 273 Å². The summed E-state index contributed by atoms with van der Waals surface area (Å²) in [4.78, 5) is 275. The van der Waals surface area contributed by atoms with Crippen LogP contribution >= 0.6 is 11.8 Å². The summed E-state index contributed by atoms with van der Waals surface area (Å²) in [6.45, 7) is 12.4. The van der Waals surface area contributed by atoms with Gasteiger partial charge in [0.25, 0.3) is 0 Å². The van der Waals surface area contributed by atoms with Crippen molar-refractivity contribution in [2.24, 2.45) is 40.7 Å². The number of hydrogen-bond donors (Lipinski definition) is 21. The molecule has 42 nitrogen and oxygen atoms in total. The number of aromatic hydroxyl groups is 1. The zero-order valence-corrected chi connectivity index (χ0v) is 80.2. The van der Waals surface area contributed by atoms with E-state index in [0.717, 1.165) is 46.6 Å². The molecule has 1 heterocycles. The van der Waals surface area contributed by atoms with Gasteiger partial charge in [0.2, 0.25) is 100 Å². The van der Waals surface area contributed by atoms with E-state index in [2.05, 4.69) is 74.4 Å². The summed E-state index contributed by atoms with van der Waals surface area (Å²) in [5.74, 6) is -25.3. The Hall–Kier alpha value is -14.3. The molecule has 1 aliphatic heterocycles. The molecule has 762 valence electrons. The summed E-state index contributed by atoms with van der Waals surface area (Å²) < 4.78 is 43.5. The lowest BCUT2D eigenvalue weighted by Gasteiger charge is -2.35. The number of nitrogens with one attached hydrogen (secondary N) is 14. The fourth-order valence-electron chi connectivity index (χ4n) is 14.8. The van der Waals surface area contributed by atoms with Crippen LogP contribution in [0, 0.1) is 17.8 Å². The van der Waals surface area contributed by atoms with Gasteiger partial charge in [-0.3, -0.25) is 86.3 Å². The molecule has 5 aromatic rings. The molecule has 0 spiro atoms. The first-order valence-corrected chi connectivity index (χ1v) is 46.4. The van der Waals surface area contributed by atoms with Crippen LogP contribution in [0.2, 0.25) is 0 Å². The number of benzene rings is 5. The lowest BCUT2D eigenvalue weighted by Crippen LogP contribution is -2.63. The quantitative estimate of drug-likeness (QED) is 0.0265. The third kappa shape index (κ3) is 36.6. The molecule has 1 fully saturated rings. The second-order valence-corrected chi connectivity index (χ2v) is 36.2. The van der Waals surface area contributed by atoms with Crippen molar-refractivity contribution < 1.29 is 120 Å². The Morgan fingerprint density at radius 1 is 0.479 bits per heavy atom. The number of carboxylic acid groups (broad SMARTS) is 1. The summed E-state index contributed by atoms with van der Waals surface area (Å²) in [6, 6.07) is 4.69. The van der Waals surface area contributed by atoms with E-state index < -0.39 is 276 Å². The van der Waals surface area contributed by atoms with Crippen LogP contribution in [0.4, 0.5) is 18.0 Å². The highest BCUT2D eigenvalue weighted by Gasteiger charge is 2.43. The van der Waals surface area contributed by atoms with Crippen molar-refractivity contribution in [3.63, 3.8) is 0 Å². The van der Waals surface area contributed by atoms with Crippen molar-refractivity contribution in [2.75, 3.05) is 38.7 Å². The van der Waals surface area contributed by atoms with Gasteiger partial charge in [-0.05, 0) is 122 Å². The number of carbonyl (C=O) groups is 19. The number of hydrogen-bond acceptors (Lipinski definition) is 23. The first-order valence-electron chi connectivity index (χ1n) is 45.2. The Bertz CT molecular complexity index is 5180. The lowest BCUT2D eigenvalue weighted by molar-refractivity contribution is -0.148. The Kier molecular flexibility index (Phi) is 44.7. The van der Waals surface area contributed by atoms with Crippen LogP contribution in [0.5, 0.6) is 5.75 Å². The van der Waals surface area contributed by atoms with Gasteiger partial charge < -0.3 is 122 Å². The average Bonchev–Trinajstić information content (AvgIpc) is 0.822. The number of carboxylic acids is 1. The number of nitrogens with two attached hydrogens (primary N) is 4. The predicted octanol–water partition coefficient (Wildman–Crippen LogP) is -1.54. The van der Waals surface area contributed by atoms with Crippen molar-refractivity contribution in [1.82, 2.24) is 84.2 Å². The molecule has 0 saturated carbocycles. The molecule has 5 aromatic carbocycles. The SMILES string of the molecule is CC(C)C[C@@H]1NC(=O)[C@H](CCN)NC(=O)[C@H](Cc2ccccc2)N(C)C(=O)[C@H](C)N(C)C(=O)[C@H](CCCNC(N)=O)NC(=O)[C@H](Cc2ccc(-c3ccccc3)cc2)NC(=O)[C@H](C(C)C)NC(=O)[C@H](Cc2cccc(C(F)(F)F)c2)NC(=O)[C@H](CC(=O)O)NC(=O)[C@H](Cc2ccc(O)cc2)NC(=O)[C@H](CC(N)=O)NC(=O)CSC[C@@H](C(=O)N[C@@H](C)C(N)=O)NC(=O)[C@H]([C@@H](C)O)NC(=O)[C@H](C(C)C)NC1=O. The molecule has 1 aliphatic rings. The molecule has 46 heteroatoms. The molecule has 0 aromatic heterocycles. The molecular formula is C94H127F3N20O22S. The first kappa shape index (κ1) is 114. The average molecular weight is 1980 g/mol. The molecular weight excluding hydrogens is 1850 g/mol. The number of urea groups is 1. The van der Waals surface area contributed by atoms with E-state index in [9.17, 15) is 90.8 Å². The summed E-state index contributed by atoms with van der Waals surface area (Å²) in [6.07, 6.45) is -12.2. The summed E-state index contributed by atoms with van der Waals surface area (Å²) >= 11 is 0.564. The van der Waals surface area contributed by atoms with E-state index in [1.54, 1.807) is 86.6 Å². The van der Waals surface area contributed by atoms with Crippen LogP contribution in [0.3, 0.4) is 0 Å². The van der Waals surface area contributed by atoms with Crippen LogP contribution in [0.25, 0.3) is 11.1 Å². The van der Waals surface area contributed by atoms with Crippen molar-refractivity contribution in [1.29, 1.82) is 0 Å². The maximum absolute atomic E-state index is 15.5. The monoisotopic (exact) mass is 1980 g/mol. The van der Waals surface area contributed by atoms with E-state index in [1.165, 1.54) is 67.8 Å². The predicted molar refractivity (Wildman–Crippen MR) is 506 cm³/mol. The van der Waals surface area contributed by atoms with Gasteiger partial charge in [0.1, 0.15) is 96.4 Å². The van der Waals surface area contributed by atoms with E-state index >= 15 is 28.8 Å². The largest absolute Gasteiger partial charge is 0.508 e. The first-order chi connectivity index (χ1) is 65.9. The Balaban J connectivity index is 1.53. The van der Waals surface area contributed by atoms with Crippen molar-refractivity contribution in [3.8, 4) is 16.9 Å². The molecule has 140 heavy (non-hydrogen) atoms. The second kappa shape index (κ2) is 54.7. The Morgan fingerprint density at radius 3 is 1.44 bits per heavy atom. The molecule has 0 aliphatic carbocycles. The number of amides is 19. The number of alkyl halides is 3. The fraction of sp³-hybridized carbons (Fsp3) is 0.479. The maximum Gasteiger partial charge on any atom is 0.416 e. The molecule has 0 bridgehead atoms. The number of phenols is 1. The highest BCUT2D eigenvalue weighted by atomic mass is 32.2. The fourth-order valence-corrected chi connectivity index (χ4v) is 15.6. The standard InChI is InChI=1S/C94H127F3N20O22S/c1-48(2)38-64-84(130)114-76(50(5)6)89(135)115-77(53(9)118)90(136)112-70(86(132)103-51(7)78(100)124)46-140-47-73(121)104-68(44-72(99)120)82(128)108-65(41-56-29-33-61(119)34-30-56)81(127)110-69(45-74(122)123)83(129)109-67(42-57-22-18-25-60(39-57)94(95,96)97)85(131)113-75(49(3)4)88(134)111-66(40-55-27-31-59(32-28-55)58-23-16-13-17-24-58)80(126)106-63(26-19-37-102-93(101)139)92(138)116(10)52(8)91(137)117(11)71(43-54-20-14-12-15-21-54)87(133)105-62(35-36-98)79(125)107-64/h12-18,20-25,27-34,39,48-53,62-71,75-77,118-119H,19,26,35-38,40-47,98H2,1-11H3,(H2,99,120)(H2,100,124)(H,103,132)(H,104,121)(H,105,133)(H,106,126)(H,107,125)(H,108,128)(H,109,129)(H,110,127)(H,111,134)(H,112,136)(H,113,131)(H,114,130)(H,115,135)(H,122,123)(H3,101,102,139)/t51-,52-,53+,62-,63-,64-,65-,66-,67-,68-,69-,70-,71-,75-,76-,77-/m0/s1. The molecule has 1 saturated heterocycles. The minimum absolute atomic E-state index is 0.103. The van der Waals surface area contributed by atoms with Crippen LogP contribution in [-0.2, 0) is 118 Å². The number of primary amides is 3. The number of phenolic OH excluding ortho intramolecular Hbond substituents is 1.